The molecule has 1 aliphatic rings. The van der Waals surface area contributed by atoms with E-state index in [-0.39, 0.29) is 6.23 Å². The number of likely N-dealkylation sites (tertiary alicyclic amines) is 1. The van der Waals surface area contributed by atoms with Crippen molar-refractivity contribution >= 4 is 8.56 Å². The van der Waals surface area contributed by atoms with Gasteiger partial charge in [0.2, 0.25) is 0 Å². The molecule has 96 valence electrons. The van der Waals surface area contributed by atoms with E-state index in [0.29, 0.717) is 0 Å². The first kappa shape index (κ1) is 14.1. The van der Waals surface area contributed by atoms with Crippen molar-refractivity contribution < 1.29 is 14.0 Å². The molecule has 1 N–H and O–H groups in total. The van der Waals surface area contributed by atoms with Gasteiger partial charge in [0.05, 0.1) is 0 Å². The fraction of sp³-hybridized carbons (Fsp3) is 1.00. The fourth-order valence-electron chi connectivity index (χ4n) is 2.08. The van der Waals surface area contributed by atoms with Gasteiger partial charge in [-0.25, -0.2) is 0 Å². The molecular formula is C11H25NO3Si. The number of hydrogen-bond acceptors (Lipinski definition) is 4. The Morgan fingerprint density at radius 1 is 1.19 bits per heavy atom. The molecule has 0 amide bonds. The Morgan fingerprint density at radius 3 is 2.25 bits per heavy atom. The zero-order chi connectivity index (χ0) is 12.0. The van der Waals surface area contributed by atoms with E-state index in [2.05, 4.69) is 4.90 Å². The Bertz CT molecular complexity index is 194. The zero-order valence-corrected chi connectivity index (χ0v) is 11.7. The van der Waals surface area contributed by atoms with Crippen LogP contribution in [0.2, 0.25) is 12.6 Å². The van der Waals surface area contributed by atoms with Gasteiger partial charge >= 0.3 is 8.56 Å². The van der Waals surface area contributed by atoms with Crippen molar-refractivity contribution in [1.29, 1.82) is 0 Å². The average molecular weight is 247 g/mol. The summed E-state index contributed by atoms with van der Waals surface area (Å²) in [5, 5.41) is 10.1. The van der Waals surface area contributed by atoms with Crippen LogP contribution in [-0.2, 0) is 8.85 Å². The molecular weight excluding hydrogens is 222 g/mol. The highest BCUT2D eigenvalue weighted by molar-refractivity contribution is 6.65. The van der Waals surface area contributed by atoms with E-state index >= 15 is 0 Å². The smallest absolute Gasteiger partial charge is 0.334 e. The molecule has 1 saturated heterocycles. The third-order valence-electron chi connectivity index (χ3n) is 3.53. The Hall–Kier alpha value is 0.0569. The van der Waals surface area contributed by atoms with Gasteiger partial charge in [0.15, 0.2) is 0 Å². The molecule has 0 aromatic heterocycles. The lowest BCUT2D eigenvalue weighted by molar-refractivity contribution is -0.0115. The van der Waals surface area contributed by atoms with Crippen LogP contribution in [0.1, 0.15) is 25.7 Å². The second-order valence-corrected chi connectivity index (χ2v) is 8.24. The first-order valence-corrected chi connectivity index (χ1v) is 8.66. The van der Waals surface area contributed by atoms with Crippen molar-refractivity contribution in [2.24, 2.45) is 0 Å². The van der Waals surface area contributed by atoms with Crippen molar-refractivity contribution in [3.63, 3.8) is 0 Å². The summed E-state index contributed by atoms with van der Waals surface area (Å²) in [7, 11) is 1.38. The average Bonchev–Trinajstić information content (AvgIpc) is 2.36. The molecule has 1 aliphatic heterocycles. The van der Waals surface area contributed by atoms with Crippen LogP contribution in [0.25, 0.3) is 0 Å². The van der Waals surface area contributed by atoms with Gasteiger partial charge in [-0.3, -0.25) is 4.90 Å². The van der Waals surface area contributed by atoms with Gasteiger partial charge in [0.1, 0.15) is 6.23 Å². The van der Waals surface area contributed by atoms with Crippen LogP contribution in [0, 0.1) is 0 Å². The molecule has 1 unspecified atom stereocenters. The first-order chi connectivity index (χ1) is 7.61. The van der Waals surface area contributed by atoms with Gasteiger partial charge in [0, 0.05) is 27.3 Å². The van der Waals surface area contributed by atoms with Crippen LogP contribution in [0.15, 0.2) is 0 Å². The van der Waals surface area contributed by atoms with Crippen molar-refractivity contribution in [1.82, 2.24) is 4.90 Å². The number of nitrogens with zero attached hydrogens (tertiary/aromatic N) is 1. The molecule has 0 radical (unpaired) electrons. The largest absolute Gasteiger partial charge is 0.398 e. The molecule has 0 aliphatic carbocycles. The van der Waals surface area contributed by atoms with Crippen LogP contribution >= 0.6 is 0 Å². The Kier molecular flexibility index (Phi) is 5.92. The maximum Gasteiger partial charge on any atom is 0.334 e. The zero-order valence-electron chi connectivity index (χ0n) is 10.7. The van der Waals surface area contributed by atoms with Gasteiger partial charge in [-0.15, -0.1) is 0 Å². The third-order valence-corrected chi connectivity index (χ3v) is 6.46. The molecule has 4 nitrogen and oxygen atoms in total. The summed E-state index contributed by atoms with van der Waals surface area (Å²) in [6.07, 6.45) is 4.15. The third kappa shape index (κ3) is 4.14. The van der Waals surface area contributed by atoms with Crippen LogP contribution < -0.4 is 0 Å². The number of aliphatic hydroxyl groups is 1. The fourth-order valence-corrected chi connectivity index (χ4v) is 3.44. The summed E-state index contributed by atoms with van der Waals surface area (Å²) in [4.78, 5) is 2.17. The van der Waals surface area contributed by atoms with E-state index in [1.54, 1.807) is 14.2 Å². The van der Waals surface area contributed by atoms with E-state index in [4.69, 9.17) is 8.85 Å². The van der Waals surface area contributed by atoms with E-state index in [9.17, 15) is 5.11 Å². The molecule has 16 heavy (non-hydrogen) atoms. The molecule has 5 heteroatoms. The predicted octanol–water partition coefficient (Wildman–Crippen LogP) is 1.55. The van der Waals surface area contributed by atoms with Crippen LogP contribution in [0.4, 0.5) is 0 Å². The lowest BCUT2D eigenvalue weighted by atomic mass is 10.1. The van der Waals surface area contributed by atoms with Crippen molar-refractivity contribution in [3.8, 4) is 0 Å². The molecule has 0 saturated carbocycles. The summed E-state index contributed by atoms with van der Waals surface area (Å²) in [6.45, 7) is 4.09. The minimum atomic E-state index is -2.01. The van der Waals surface area contributed by atoms with Gasteiger partial charge in [-0.1, -0.05) is 6.42 Å². The molecule has 0 bridgehead atoms. The monoisotopic (exact) mass is 247 g/mol. The second kappa shape index (κ2) is 6.71. The minimum absolute atomic E-state index is 0.322. The minimum Gasteiger partial charge on any atom is -0.398 e. The van der Waals surface area contributed by atoms with Gasteiger partial charge in [-0.05, 0) is 31.9 Å². The number of aliphatic hydroxyl groups excluding tert-OH is 1. The number of piperidine rings is 1. The van der Waals surface area contributed by atoms with Crippen LogP contribution in [0.3, 0.4) is 0 Å². The highest BCUT2D eigenvalue weighted by Gasteiger charge is 2.30. The molecule has 1 fully saturated rings. The summed E-state index contributed by atoms with van der Waals surface area (Å²) < 4.78 is 10.8. The van der Waals surface area contributed by atoms with Gasteiger partial charge in [-0.2, -0.15) is 0 Å². The lowest BCUT2D eigenvalue weighted by Crippen LogP contribution is -2.42. The first-order valence-electron chi connectivity index (χ1n) is 6.14. The van der Waals surface area contributed by atoms with E-state index in [0.717, 1.165) is 25.6 Å². The molecule has 0 aromatic rings. The van der Waals surface area contributed by atoms with Crippen molar-refractivity contribution in [3.05, 3.63) is 0 Å². The van der Waals surface area contributed by atoms with Gasteiger partial charge in [0.25, 0.3) is 0 Å². The van der Waals surface area contributed by atoms with E-state index in [1.807, 2.05) is 6.55 Å². The maximum atomic E-state index is 10.1. The molecule has 1 rings (SSSR count). The lowest BCUT2D eigenvalue weighted by Gasteiger charge is -2.32. The molecule has 0 spiro atoms. The van der Waals surface area contributed by atoms with E-state index in [1.165, 1.54) is 19.3 Å². The van der Waals surface area contributed by atoms with Crippen LogP contribution in [0.5, 0.6) is 0 Å². The Morgan fingerprint density at radius 2 is 1.75 bits per heavy atom. The SMILES string of the molecule is CO[Si](C)(CCC(O)N1CCCCC1)OC. The normalized spacial score (nSPS) is 21.0. The summed E-state index contributed by atoms with van der Waals surface area (Å²) >= 11 is 0. The number of hydrogen-bond donors (Lipinski definition) is 1. The van der Waals surface area contributed by atoms with Crippen molar-refractivity contribution in [2.45, 2.75) is 44.5 Å². The standard InChI is InChI=1S/C11H25NO3Si/c1-14-16(3,15-2)10-7-11(13)12-8-5-4-6-9-12/h11,13H,4-10H2,1-3H3. The summed E-state index contributed by atoms with van der Waals surface area (Å²) in [5.41, 5.74) is 0. The van der Waals surface area contributed by atoms with Gasteiger partial charge < -0.3 is 14.0 Å². The molecule has 1 heterocycles. The Balaban J connectivity index is 2.30. The number of rotatable bonds is 6. The second-order valence-electron chi connectivity index (χ2n) is 4.66. The topological polar surface area (TPSA) is 41.9 Å². The molecule has 0 aromatic carbocycles. The van der Waals surface area contributed by atoms with Crippen LogP contribution in [-0.4, -0.2) is 52.1 Å². The highest BCUT2D eigenvalue weighted by Crippen LogP contribution is 2.19. The molecule has 1 atom stereocenters. The van der Waals surface area contributed by atoms with Crippen molar-refractivity contribution in [2.75, 3.05) is 27.3 Å². The predicted molar refractivity (Wildman–Crippen MR) is 66.5 cm³/mol. The van der Waals surface area contributed by atoms with E-state index < -0.39 is 8.56 Å². The summed E-state index contributed by atoms with van der Waals surface area (Å²) in [5.74, 6) is 0. The maximum absolute atomic E-state index is 10.1. The quantitative estimate of drug-likeness (QED) is 0.723. The highest BCUT2D eigenvalue weighted by atomic mass is 28.4. The Labute approximate surface area is 99.8 Å². The summed E-state index contributed by atoms with van der Waals surface area (Å²) in [6, 6.07) is 0.845.